The molecule has 0 bridgehead atoms. The van der Waals surface area contributed by atoms with Gasteiger partial charge in [-0.1, -0.05) is 13.3 Å². The molecule has 1 aromatic rings. The van der Waals surface area contributed by atoms with Gasteiger partial charge in [-0.3, -0.25) is 4.79 Å². The number of sulfonamides is 1. The summed E-state index contributed by atoms with van der Waals surface area (Å²) >= 11 is 0. The predicted octanol–water partition coefficient (Wildman–Crippen LogP) is 1.39. The standard InChI is InChI=1S/C15H22N2O6S/c1-3-10-4-6-15(7-5-10,14(19)20)17-13(18)11-8-12(9(2)23-11)24(16,21)22/h8,10H,3-7H2,1-2H3,(H,17,18)(H,19,20)(H2,16,21,22). The van der Waals surface area contributed by atoms with Crippen molar-refractivity contribution in [3.8, 4) is 0 Å². The molecule has 1 saturated carbocycles. The minimum atomic E-state index is -4.01. The van der Waals surface area contributed by atoms with Gasteiger partial charge in [0.1, 0.15) is 16.2 Å². The number of primary sulfonamides is 1. The van der Waals surface area contributed by atoms with E-state index >= 15 is 0 Å². The Morgan fingerprint density at radius 3 is 2.42 bits per heavy atom. The average Bonchev–Trinajstić information content (AvgIpc) is 2.90. The Morgan fingerprint density at radius 1 is 1.42 bits per heavy atom. The normalized spacial score (nSPS) is 24.5. The lowest BCUT2D eigenvalue weighted by Crippen LogP contribution is -2.56. The van der Waals surface area contributed by atoms with Crippen LogP contribution in [0.1, 0.15) is 55.3 Å². The van der Waals surface area contributed by atoms with Crippen LogP contribution in [0.4, 0.5) is 0 Å². The fraction of sp³-hybridized carbons (Fsp3) is 0.600. The number of nitrogens with two attached hydrogens (primary N) is 1. The van der Waals surface area contributed by atoms with Crippen LogP contribution < -0.4 is 10.5 Å². The molecule has 1 amide bonds. The SMILES string of the molecule is CCC1CCC(NC(=O)c2cc(S(N)(=O)=O)c(C)o2)(C(=O)O)CC1. The van der Waals surface area contributed by atoms with E-state index in [4.69, 9.17) is 9.56 Å². The van der Waals surface area contributed by atoms with Crippen LogP contribution in [0.2, 0.25) is 0 Å². The number of hydrogen-bond donors (Lipinski definition) is 3. The molecular weight excluding hydrogens is 336 g/mol. The highest BCUT2D eigenvalue weighted by Crippen LogP contribution is 2.34. The molecule has 1 heterocycles. The summed E-state index contributed by atoms with van der Waals surface area (Å²) in [4.78, 5) is 23.8. The Balaban J connectivity index is 2.22. The molecule has 0 radical (unpaired) electrons. The van der Waals surface area contributed by atoms with E-state index < -0.39 is 27.4 Å². The molecule has 0 atom stereocenters. The van der Waals surface area contributed by atoms with E-state index in [-0.39, 0.29) is 16.4 Å². The third kappa shape index (κ3) is 3.62. The second kappa shape index (κ2) is 6.56. The van der Waals surface area contributed by atoms with Gasteiger partial charge in [0.2, 0.25) is 10.0 Å². The van der Waals surface area contributed by atoms with Gasteiger partial charge >= 0.3 is 5.97 Å². The monoisotopic (exact) mass is 358 g/mol. The van der Waals surface area contributed by atoms with Crippen LogP contribution >= 0.6 is 0 Å². The van der Waals surface area contributed by atoms with Crippen molar-refractivity contribution in [2.24, 2.45) is 11.1 Å². The number of carbonyl (C=O) groups excluding carboxylic acids is 1. The summed E-state index contributed by atoms with van der Waals surface area (Å²) in [6.07, 6.45) is 3.05. The number of carboxylic acids is 1. The van der Waals surface area contributed by atoms with Gasteiger partial charge in [-0.2, -0.15) is 0 Å². The van der Waals surface area contributed by atoms with Crippen LogP contribution in [0.3, 0.4) is 0 Å². The Hall–Kier alpha value is -1.87. The zero-order chi connectivity index (χ0) is 18.1. The molecule has 134 valence electrons. The number of aryl methyl sites for hydroxylation is 1. The first-order valence-corrected chi connectivity index (χ1v) is 9.33. The molecule has 24 heavy (non-hydrogen) atoms. The van der Waals surface area contributed by atoms with Crippen LogP contribution in [0.25, 0.3) is 0 Å². The molecule has 0 saturated heterocycles. The summed E-state index contributed by atoms with van der Waals surface area (Å²) in [5.41, 5.74) is -1.36. The third-order valence-corrected chi connectivity index (χ3v) is 5.72. The van der Waals surface area contributed by atoms with Crippen molar-refractivity contribution in [1.29, 1.82) is 0 Å². The smallest absolute Gasteiger partial charge is 0.329 e. The van der Waals surface area contributed by atoms with Gasteiger partial charge in [-0.15, -0.1) is 0 Å². The highest BCUT2D eigenvalue weighted by Gasteiger charge is 2.43. The van der Waals surface area contributed by atoms with Gasteiger partial charge in [0, 0.05) is 6.07 Å². The molecule has 8 nitrogen and oxygen atoms in total. The number of carbonyl (C=O) groups is 2. The summed E-state index contributed by atoms with van der Waals surface area (Å²) in [5, 5.41) is 17.1. The van der Waals surface area contributed by atoms with Gasteiger partial charge in [-0.05, 0) is 38.5 Å². The first kappa shape index (κ1) is 18.5. The fourth-order valence-electron chi connectivity index (χ4n) is 3.11. The Kier molecular flexibility index (Phi) is 5.05. The molecule has 0 aliphatic heterocycles. The van der Waals surface area contributed by atoms with E-state index in [1.807, 2.05) is 0 Å². The Morgan fingerprint density at radius 2 is 2.00 bits per heavy atom. The van der Waals surface area contributed by atoms with Crippen LogP contribution in [0.15, 0.2) is 15.4 Å². The number of carboxylic acid groups (broad SMARTS) is 1. The highest BCUT2D eigenvalue weighted by molar-refractivity contribution is 7.89. The van der Waals surface area contributed by atoms with Crippen molar-refractivity contribution >= 4 is 21.9 Å². The average molecular weight is 358 g/mol. The summed E-state index contributed by atoms with van der Waals surface area (Å²) in [5.74, 6) is -1.68. The Bertz CT molecular complexity index is 744. The van der Waals surface area contributed by atoms with Crippen molar-refractivity contribution in [2.75, 3.05) is 0 Å². The van der Waals surface area contributed by atoms with Crippen molar-refractivity contribution in [3.63, 3.8) is 0 Å². The number of nitrogens with one attached hydrogen (secondary N) is 1. The van der Waals surface area contributed by atoms with Gasteiger partial charge in [0.15, 0.2) is 5.76 Å². The maximum atomic E-state index is 12.4. The molecule has 0 unspecified atom stereocenters. The van der Waals surface area contributed by atoms with Crippen LogP contribution in [-0.4, -0.2) is 30.9 Å². The van der Waals surface area contributed by atoms with Crippen molar-refractivity contribution in [3.05, 3.63) is 17.6 Å². The second-order valence-corrected chi connectivity index (χ2v) is 7.80. The molecule has 9 heteroatoms. The topological polar surface area (TPSA) is 140 Å². The van der Waals surface area contributed by atoms with Crippen LogP contribution in [-0.2, 0) is 14.8 Å². The van der Waals surface area contributed by atoms with E-state index in [1.54, 1.807) is 0 Å². The van der Waals surface area contributed by atoms with Gasteiger partial charge < -0.3 is 14.8 Å². The lowest BCUT2D eigenvalue weighted by Gasteiger charge is -2.36. The van der Waals surface area contributed by atoms with Crippen molar-refractivity contribution < 1.29 is 27.5 Å². The number of hydrogen-bond acceptors (Lipinski definition) is 5. The summed E-state index contributed by atoms with van der Waals surface area (Å²) in [6, 6.07) is 1.02. The van der Waals surface area contributed by atoms with Crippen molar-refractivity contribution in [2.45, 2.75) is 56.4 Å². The van der Waals surface area contributed by atoms with E-state index in [2.05, 4.69) is 12.2 Å². The molecule has 1 aliphatic carbocycles. The van der Waals surface area contributed by atoms with Gasteiger partial charge in [-0.25, -0.2) is 18.4 Å². The predicted molar refractivity (Wildman–Crippen MR) is 84.9 cm³/mol. The lowest BCUT2D eigenvalue weighted by molar-refractivity contribution is -0.146. The Labute approximate surface area is 140 Å². The van der Waals surface area contributed by atoms with Crippen molar-refractivity contribution in [1.82, 2.24) is 5.32 Å². The number of rotatable bonds is 5. The molecule has 0 spiro atoms. The lowest BCUT2D eigenvalue weighted by atomic mass is 9.75. The van der Waals surface area contributed by atoms with E-state index in [1.165, 1.54) is 6.92 Å². The van der Waals surface area contributed by atoms with Gasteiger partial charge in [0.25, 0.3) is 5.91 Å². The summed E-state index contributed by atoms with van der Waals surface area (Å²) < 4.78 is 28.0. The van der Waals surface area contributed by atoms with Crippen LogP contribution in [0, 0.1) is 12.8 Å². The maximum absolute atomic E-state index is 12.4. The minimum Gasteiger partial charge on any atom is -0.480 e. The molecule has 1 fully saturated rings. The van der Waals surface area contributed by atoms with E-state index in [0.29, 0.717) is 31.6 Å². The number of amides is 1. The number of aliphatic carboxylic acids is 1. The zero-order valence-corrected chi connectivity index (χ0v) is 14.5. The third-order valence-electron chi connectivity index (χ3n) is 4.70. The van der Waals surface area contributed by atoms with E-state index in [0.717, 1.165) is 12.5 Å². The molecule has 0 aromatic carbocycles. The highest BCUT2D eigenvalue weighted by atomic mass is 32.2. The maximum Gasteiger partial charge on any atom is 0.329 e. The first-order valence-electron chi connectivity index (χ1n) is 7.78. The van der Waals surface area contributed by atoms with E-state index in [9.17, 15) is 23.1 Å². The molecule has 4 N–H and O–H groups in total. The number of furan rings is 1. The van der Waals surface area contributed by atoms with Crippen LogP contribution in [0.5, 0.6) is 0 Å². The summed E-state index contributed by atoms with van der Waals surface area (Å²) in [6.45, 7) is 3.42. The summed E-state index contributed by atoms with van der Waals surface area (Å²) in [7, 11) is -4.01. The minimum absolute atomic E-state index is 0.0123. The second-order valence-electron chi connectivity index (χ2n) is 6.27. The fourth-order valence-corrected chi connectivity index (χ4v) is 3.82. The quantitative estimate of drug-likeness (QED) is 0.726. The molecule has 2 rings (SSSR count). The van der Waals surface area contributed by atoms with Gasteiger partial charge in [0.05, 0.1) is 0 Å². The molecular formula is C15H22N2O6S. The largest absolute Gasteiger partial charge is 0.480 e. The first-order chi connectivity index (χ1) is 11.1. The zero-order valence-electron chi connectivity index (χ0n) is 13.7. The molecule has 1 aliphatic rings. The molecule has 1 aromatic heterocycles.